The lowest BCUT2D eigenvalue weighted by atomic mass is 9.96. The van der Waals surface area contributed by atoms with Crippen LogP contribution in [0.3, 0.4) is 0 Å². The number of benzene rings is 1. The number of anilines is 1. The average molecular weight is 344 g/mol. The lowest BCUT2D eigenvalue weighted by Gasteiger charge is -2.11. The van der Waals surface area contributed by atoms with Gasteiger partial charge in [0.1, 0.15) is 5.69 Å². The maximum Gasteiger partial charge on any atom is 0.301 e. The molecule has 0 amide bonds. The fourth-order valence-corrected chi connectivity index (χ4v) is 3.70. The highest BCUT2D eigenvalue weighted by molar-refractivity contribution is 5.86. The lowest BCUT2D eigenvalue weighted by Crippen LogP contribution is -2.07. The molecule has 25 heavy (non-hydrogen) atoms. The van der Waals surface area contributed by atoms with Crippen LogP contribution >= 0.6 is 0 Å². The van der Waals surface area contributed by atoms with Crippen LogP contribution in [0.2, 0.25) is 0 Å². The second-order valence-electron chi connectivity index (χ2n) is 6.60. The van der Waals surface area contributed by atoms with Crippen molar-refractivity contribution in [1.29, 1.82) is 0 Å². The van der Waals surface area contributed by atoms with Crippen molar-refractivity contribution in [1.82, 2.24) is 0 Å². The smallest absolute Gasteiger partial charge is 0.272 e. The van der Waals surface area contributed by atoms with Gasteiger partial charge in [-0.15, -0.1) is 0 Å². The summed E-state index contributed by atoms with van der Waals surface area (Å²) in [5, 5.41) is 26.4. The van der Waals surface area contributed by atoms with Crippen molar-refractivity contribution in [2.24, 2.45) is 11.0 Å². The minimum absolute atomic E-state index is 0.170. The van der Waals surface area contributed by atoms with Gasteiger partial charge < -0.3 is 0 Å². The highest BCUT2D eigenvalue weighted by atomic mass is 16.6. The molecule has 3 rings (SSSR count). The fraction of sp³-hybridized carbons (Fsp3) is 0.471. The number of allylic oxidation sites excluding steroid dienone is 2. The number of fused-ring (bicyclic) bond motifs is 1. The van der Waals surface area contributed by atoms with Crippen LogP contribution in [0.4, 0.5) is 17.1 Å². The van der Waals surface area contributed by atoms with E-state index in [1.165, 1.54) is 37.0 Å². The molecule has 0 aromatic heterocycles. The molecule has 0 spiro atoms. The first-order valence-corrected chi connectivity index (χ1v) is 8.38. The van der Waals surface area contributed by atoms with Gasteiger partial charge in [-0.05, 0) is 57.4 Å². The van der Waals surface area contributed by atoms with Crippen molar-refractivity contribution >= 4 is 22.8 Å². The van der Waals surface area contributed by atoms with Crippen molar-refractivity contribution in [3.8, 4) is 0 Å². The molecule has 1 aromatic rings. The number of nitrogens with one attached hydrogen (secondary N) is 1. The van der Waals surface area contributed by atoms with Gasteiger partial charge in [0.05, 0.1) is 15.9 Å². The highest BCUT2D eigenvalue weighted by Gasteiger charge is 2.27. The molecule has 1 fully saturated rings. The molecule has 0 heterocycles. The van der Waals surface area contributed by atoms with Crippen molar-refractivity contribution in [2.45, 2.75) is 45.4 Å². The van der Waals surface area contributed by atoms with E-state index in [2.05, 4.69) is 17.5 Å². The number of hydrogen-bond acceptors (Lipinski definition) is 6. The molecule has 1 N–H and O–H groups in total. The van der Waals surface area contributed by atoms with E-state index in [0.717, 1.165) is 31.0 Å². The van der Waals surface area contributed by atoms with E-state index >= 15 is 0 Å². The van der Waals surface area contributed by atoms with Crippen LogP contribution < -0.4 is 5.43 Å². The first-order valence-electron chi connectivity index (χ1n) is 8.38. The first-order chi connectivity index (χ1) is 12.0. The number of hydrogen-bond donors (Lipinski definition) is 1. The molecule has 1 unspecified atom stereocenters. The Bertz CT molecular complexity index is 785. The minimum atomic E-state index is -0.649. The van der Waals surface area contributed by atoms with Crippen LogP contribution in [-0.2, 0) is 0 Å². The van der Waals surface area contributed by atoms with Gasteiger partial charge in [-0.3, -0.25) is 25.7 Å². The Hall–Kier alpha value is -2.77. The number of nitro benzene ring substituents is 2. The van der Waals surface area contributed by atoms with E-state index in [1.54, 1.807) is 5.57 Å². The summed E-state index contributed by atoms with van der Waals surface area (Å²) in [6.07, 6.45) is 6.23. The SMILES string of the molecule is CC1=C2CCCC2C/C(=N/Nc2ccc([N+](=O)[O-])cc2[N+](=O)[O-])CC1. The summed E-state index contributed by atoms with van der Waals surface area (Å²) < 4.78 is 0. The van der Waals surface area contributed by atoms with Crippen molar-refractivity contribution in [3.63, 3.8) is 0 Å². The van der Waals surface area contributed by atoms with Gasteiger partial charge in [0, 0.05) is 11.8 Å². The van der Waals surface area contributed by atoms with Crippen LogP contribution in [0, 0.1) is 26.1 Å². The Balaban J connectivity index is 1.80. The Kier molecular flexibility index (Phi) is 4.78. The monoisotopic (exact) mass is 344 g/mol. The second-order valence-corrected chi connectivity index (χ2v) is 6.60. The molecule has 1 aromatic carbocycles. The molecule has 2 aliphatic rings. The molecule has 0 aliphatic heterocycles. The zero-order chi connectivity index (χ0) is 18.0. The van der Waals surface area contributed by atoms with E-state index in [-0.39, 0.29) is 17.1 Å². The van der Waals surface area contributed by atoms with Crippen molar-refractivity contribution in [3.05, 3.63) is 49.6 Å². The molecule has 0 bridgehead atoms. The van der Waals surface area contributed by atoms with Crippen LogP contribution in [0.1, 0.15) is 45.4 Å². The van der Waals surface area contributed by atoms with Crippen LogP contribution in [0.5, 0.6) is 0 Å². The number of nitro groups is 2. The predicted molar refractivity (Wildman–Crippen MR) is 94.7 cm³/mol. The first kappa shape index (κ1) is 17.1. The molecule has 2 aliphatic carbocycles. The molecule has 1 atom stereocenters. The topological polar surface area (TPSA) is 111 Å². The largest absolute Gasteiger partial charge is 0.301 e. The zero-order valence-corrected chi connectivity index (χ0v) is 14.0. The number of nitrogens with zero attached hydrogens (tertiary/aromatic N) is 3. The standard InChI is InChI=1S/C17H20N4O4/c1-11-5-6-13(9-12-3-2-4-15(11)12)18-19-16-8-7-14(20(22)23)10-17(16)21(24)25/h7-8,10,12,19H,2-6,9H2,1H3/b18-13+. The molecule has 1 saturated carbocycles. The number of non-ortho nitro benzene ring substituents is 1. The van der Waals surface area contributed by atoms with Gasteiger partial charge >= 0.3 is 5.69 Å². The van der Waals surface area contributed by atoms with Gasteiger partial charge in [-0.2, -0.15) is 5.10 Å². The van der Waals surface area contributed by atoms with Gasteiger partial charge in [-0.25, -0.2) is 0 Å². The third-order valence-corrected chi connectivity index (χ3v) is 5.03. The Labute approximate surface area is 144 Å². The molecular formula is C17H20N4O4. The summed E-state index contributed by atoms with van der Waals surface area (Å²) in [7, 11) is 0. The average Bonchev–Trinajstić information content (AvgIpc) is 2.99. The van der Waals surface area contributed by atoms with Gasteiger partial charge in [0.2, 0.25) is 0 Å². The maximum absolute atomic E-state index is 11.2. The highest BCUT2D eigenvalue weighted by Crippen LogP contribution is 2.39. The fourth-order valence-electron chi connectivity index (χ4n) is 3.70. The van der Waals surface area contributed by atoms with E-state index in [1.807, 2.05) is 0 Å². The quantitative estimate of drug-likeness (QED) is 0.488. The minimum Gasteiger partial charge on any atom is -0.272 e. The summed E-state index contributed by atoms with van der Waals surface area (Å²) in [6, 6.07) is 3.53. The summed E-state index contributed by atoms with van der Waals surface area (Å²) in [5.74, 6) is 0.537. The van der Waals surface area contributed by atoms with E-state index in [0.29, 0.717) is 5.92 Å². The maximum atomic E-state index is 11.2. The molecule has 0 saturated heterocycles. The van der Waals surface area contributed by atoms with Crippen LogP contribution in [0.15, 0.2) is 34.4 Å². The third-order valence-electron chi connectivity index (χ3n) is 5.03. The zero-order valence-electron chi connectivity index (χ0n) is 14.0. The van der Waals surface area contributed by atoms with E-state index in [9.17, 15) is 20.2 Å². The summed E-state index contributed by atoms with van der Waals surface area (Å²) >= 11 is 0. The summed E-state index contributed by atoms with van der Waals surface area (Å²) in [4.78, 5) is 20.7. The van der Waals surface area contributed by atoms with Crippen LogP contribution in [-0.4, -0.2) is 15.6 Å². The Morgan fingerprint density at radius 2 is 1.96 bits per heavy atom. The van der Waals surface area contributed by atoms with Gasteiger partial charge in [0.15, 0.2) is 0 Å². The van der Waals surface area contributed by atoms with Gasteiger partial charge in [0.25, 0.3) is 5.69 Å². The number of rotatable bonds is 4. The molecule has 8 heteroatoms. The second kappa shape index (κ2) is 7.00. The Morgan fingerprint density at radius 1 is 1.16 bits per heavy atom. The van der Waals surface area contributed by atoms with E-state index in [4.69, 9.17) is 0 Å². The molecule has 0 radical (unpaired) electrons. The Morgan fingerprint density at radius 3 is 2.68 bits per heavy atom. The molecule has 8 nitrogen and oxygen atoms in total. The van der Waals surface area contributed by atoms with Gasteiger partial charge in [-0.1, -0.05) is 11.1 Å². The predicted octanol–water partition coefficient (Wildman–Crippen LogP) is 4.57. The van der Waals surface area contributed by atoms with E-state index < -0.39 is 9.85 Å². The summed E-state index contributed by atoms with van der Waals surface area (Å²) in [5.41, 5.74) is 6.28. The molecule has 132 valence electrons. The van der Waals surface area contributed by atoms with Crippen molar-refractivity contribution in [2.75, 3.05) is 5.43 Å². The lowest BCUT2D eigenvalue weighted by molar-refractivity contribution is -0.393. The molecular weight excluding hydrogens is 324 g/mol. The normalized spacial score (nSPS) is 21.8. The third kappa shape index (κ3) is 3.67. The van der Waals surface area contributed by atoms with Crippen LogP contribution in [0.25, 0.3) is 0 Å². The number of hydrazone groups is 1. The summed E-state index contributed by atoms with van der Waals surface area (Å²) in [6.45, 7) is 2.19. The van der Waals surface area contributed by atoms with Crippen molar-refractivity contribution < 1.29 is 9.85 Å².